The van der Waals surface area contributed by atoms with E-state index >= 15 is 0 Å². The van der Waals surface area contributed by atoms with Crippen molar-refractivity contribution in [2.75, 3.05) is 0 Å². The molecule has 4 nitrogen and oxygen atoms in total. The number of H-pyrrole nitrogens is 1. The predicted molar refractivity (Wildman–Crippen MR) is 74.4 cm³/mol. The number of aromatic amines is 1. The fraction of sp³-hybridized carbons (Fsp3) is 0.133. The van der Waals surface area contributed by atoms with Crippen molar-refractivity contribution in [3.8, 4) is 11.3 Å². The van der Waals surface area contributed by atoms with Gasteiger partial charge in [0.2, 0.25) is 0 Å². The highest BCUT2D eigenvalue weighted by molar-refractivity contribution is 5.97. The van der Waals surface area contributed by atoms with Crippen molar-refractivity contribution in [2.24, 2.45) is 7.05 Å². The van der Waals surface area contributed by atoms with Gasteiger partial charge in [0.1, 0.15) is 0 Å². The largest absolute Gasteiger partial charge is 0.478 e. The number of carboxylic acids is 1. The normalized spacial score (nSPS) is 11.1. The molecule has 0 atom stereocenters. The Bertz CT molecular complexity index is 781. The van der Waals surface area contributed by atoms with E-state index in [1.165, 1.54) is 0 Å². The first-order valence-corrected chi connectivity index (χ1v) is 6.05. The molecule has 3 rings (SSSR count). The van der Waals surface area contributed by atoms with E-state index in [4.69, 9.17) is 0 Å². The number of carboxylic acid groups (broad SMARTS) is 1. The number of carbonyl (C=O) groups is 1. The van der Waals surface area contributed by atoms with Crippen LogP contribution in [0.4, 0.5) is 0 Å². The lowest BCUT2D eigenvalue weighted by atomic mass is 10.1. The lowest BCUT2D eigenvalue weighted by molar-refractivity contribution is 0.0696. The molecule has 0 fully saturated rings. The maximum atomic E-state index is 11.2. The maximum absolute atomic E-state index is 11.2. The first-order valence-electron chi connectivity index (χ1n) is 6.05. The third-order valence-corrected chi connectivity index (χ3v) is 3.63. The van der Waals surface area contributed by atoms with Crippen molar-refractivity contribution < 1.29 is 9.90 Å². The number of rotatable bonds is 2. The molecule has 2 heterocycles. The molecular formula is C15H14N2O2. The Balaban J connectivity index is 2.28. The van der Waals surface area contributed by atoms with Crippen molar-refractivity contribution in [2.45, 2.75) is 6.92 Å². The van der Waals surface area contributed by atoms with Gasteiger partial charge in [-0.3, -0.25) is 0 Å². The highest BCUT2D eigenvalue weighted by Gasteiger charge is 2.17. The highest BCUT2D eigenvalue weighted by atomic mass is 16.4. The quantitative estimate of drug-likeness (QED) is 0.738. The van der Waals surface area contributed by atoms with E-state index in [1.54, 1.807) is 6.07 Å². The number of aromatic carboxylic acids is 1. The minimum atomic E-state index is -0.890. The van der Waals surface area contributed by atoms with Crippen LogP contribution in [0.1, 0.15) is 16.1 Å². The second-order valence-electron chi connectivity index (χ2n) is 4.64. The van der Waals surface area contributed by atoms with Crippen molar-refractivity contribution >= 4 is 16.9 Å². The maximum Gasteiger partial charge on any atom is 0.337 e. The second-order valence-corrected chi connectivity index (χ2v) is 4.64. The molecule has 0 unspecified atom stereocenters. The standard InChI is InChI=1S/C15H14N2O2/c1-9-11(15(18)19)7-14(17(9)2)12-8-16-13-6-4-3-5-10(12)13/h3-8,16H,1-2H3,(H,18,19). The number of nitrogens with zero attached hydrogens (tertiary/aromatic N) is 1. The third-order valence-electron chi connectivity index (χ3n) is 3.63. The number of benzene rings is 1. The van der Waals surface area contributed by atoms with Crippen LogP contribution in [0.15, 0.2) is 36.5 Å². The molecule has 0 spiro atoms. The van der Waals surface area contributed by atoms with E-state index in [0.29, 0.717) is 5.56 Å². The fourth-order valence-electron chi connectivity index (χ4n) is 2.46. The molecular weight excluding hydrogens is 240 g/mol. The average Bonchev–Trinajstić information content (AvgIpc) is 2.93. The van der Waals surface area contributed by atoms with Gasteiger partial charge < -0.3 is 14.7 Å². The third kappa shape index (κ3) is 1.64. The highest BCUT2D eigenvalue weighted by Crippen LogP contribution is 2.31. The number of hydrogen-bond acceptors (Lipinski definition) is 1. The van der Waals surface area contributed by atoms with Crippen LogP contribution in [0.5, 0.6) is 0 Å². The van der Waals surface area contributed by atoms with Gasteiger partial charge >= 0.3 is 5.97 Å². The molecule has 2 aromatic heterocycles. The van der Waals surface area contributed by atoms with E-state index in [0.717, 1.165) is 27.9 Å². The summed E-state index contributed by atoms with van der Waals surface area (Å²) in [6.07, 6.45) is 1.92. The Morgan fingerprint density at radius 1 is 1.32 bits per heavy atom. The van der Waals surface area contributed by atoms with Gasteiger partial charge in [0, 0.05) is 35.4 Å². The Kier molecular flexibility index (Phi) is 2.45. The summed E-state index contributed by atoms with van der Waals surface area (Å²) in [5, 5.41) is 10.3. The molecule has 0 aliphatic carbocycles. The Morgan fingerprint density at radius 2 is 2.05 bits per heavy atom. The average molecular weight is 254 g/mol. The molecule has 1 aromatic carbocycles. The van der Waals surface area contributed by atoms with E-state index in [-0.39, 0.29) is 0 Å². The molecule has 2 N–H and O–H groups in total. The van der Waals surface area contributed by atoms with Crippen LogP contribution in [-0.2, 0) is 7.05 Å². The summed E-state index contributed by atoms with van der Waals surface area (Å²) in [4.78, 5) is 14.4. The van der Waals surface area contributed by atoms with Crippen LogP contribution in [0.2, 0.25) is 0 Å². The SMILES string of the molecule is Cc1c(C(=O)O)cc(-c2c[nH]c3ccccc23)n1C. The van der Waals surface area contributed by atoms with Gasteiger partial charge in [-0.2, -0.15) is 0 Å². The number of fused-ring (bicyclic) bond motifs is 1. The van der Waals surface area contributed by atoms with Crippen LogP contribution in [-0.4, -0.2) is 20.6 Å². The molecule has 0 saturated carbocycles. The summed E-state index contributed by atoms with van der Waals surface area (Å²) < 4.78 is 1.92. The Labute approximate surface area is 110 Å². The first-order chi connectivity index (χ1) is 9.09. The van der Waals surface area contributed by atoms with Gasteiger partial charge in [-0.05, 0) is 19.1 Å². The van der Waals surface area contributed by atoms with Crippen LogP contribution in [0, 0.1) is 6.92 Å². The van der Waals surface area contributed by atoms with Crippen LogP contribution in [0.25, 0.3) is 22.2 Å². The molecule has 0 bridgehead atoms. The molecule has 0 saturated heterocycles. The lowest BCUT2D eigenvalue weighted by Crippen LogP contribution is -1.99. The zero-order valence-corrected chi connectivity index (χ0v) is 10.8. The molecule has 0 aliphatic rings. The van der Waals surface area contributed by atoms with Crippen molar-refractivity contribution in [1.29, 1.82) is 0 Å². The van der Waals surface area contributed by atoms with Gasteiger partial charge in [0.25, 0.3) is 0 Å². The number of hydrogen-bond donors (Lipinski definition) is 2. The lowest BCUT2D eigenvalue weighted by Gasteiger charge is -2.03. The topological polar surface area (TPSA) is 58.0 Å². The Hall–Kier alpha value is -2.49. The smallest absolute Gasteiger partial charge is 0.337 e. The van der Waals surface area contributed by atoms with Gasteiger partial charge in [-0.1, -0.05) is 18.2 Å². The van der Waals surface area contributed by atoms with Crippen LogP contribution >= 0.6 is 0 Å². The van der Waals surface area contributed by atoms with Crippen molar-refractivity contribution in [1.82, 2.24) is 9.55 Å². The van der Waals surface area contributed by atoms with E-state index in [9.17, 15) is 9.90 Å². The van der Waals surface area contributed by atoms with Crippen molar-refractivity contribution in [3.05, 3.63) is 47.8 Å². The van der Waals surface area contributed by atoms with E-state index < -0.39 is 5.97 Å². The monoisotopic (exact) mass is 254 g/mol. The number of nitrogens with one attached hydrogen (secondary N) is 1. The summed E-state index contributed by atoms with van der Waals surface area (Å²) in [6, 6.07) is 9.72. The van der Waals surface area contributed by atoms with Crippen molar-refractivity contribution in [3.63, 3.8) is 0 Å². The van der Waals surface area contributed by atoms with Gasteiger partial charge in [0.05, 0.1) is 11.3 Å². The molecule has 0 aliphatic heterocycles. The summed E-state index contributed by atoms with van der Waals surface area (Å²) in [7, 11) is 1.89. The van der Waals surface area contributed by atoms with E-state index in [1.807, 2.05) is 49.0 Å². The minimum absolute atomic E-state index is 0.350. The molecule has 0 amide bonds. The summed E-state index contributed by atoms with van der Waals surface area (Å²) in [6.45, 7) is 1.82. The minimum Gasteiger partial charge on any atom is -0.478 e. The molecule has 3 aromatic rings. The zero-order valence-electron chi connectivity index (χ0n) is 10.8. The first kappa shape index (κ1) is 11.6. The molecule has 4 heteroatoms. The molecule has 0 radical (unpaired) electrons. The van der Waals surface area contributed by atoms with E-state index in [2.05, 4.69) is 4.98 Å². The number of aromatic nitrogens is 2. The summed E-state index contributed by atoms with van der Waals surface area (Å²) in [5.41, 5.74) is 4.09. The van der Waals surface area contributed by atoms with Gasteiger partial charge in [0.15, 0.2) is 0 Å². The number of para-hydroxylation sites is 1. The molecule has 19 heavy (non-hydrogen) atoms. The Morgan fingerprint density at radius 3 is 2.74 bits per heavy atom. The van der Waals surface area contributed by atoms with Crippen LogP contribution in [0.3, 0.4) is 0 Å². The predicted octanol–water partition coefficient (Wildman–Crippen LogP) is 3.18. The van der Waals surface area contributed by atoms with Gasteiger partial charge in [-0.25, -0.2) is 4.79 Å². The summed E-state index contributed by atoms with van der Waals surface area (Å²) >= 11 is 0. The summed E-state index contributed by atoms with van der Waals surface area (Å²) in [5.74, 6) is -0.890. The molecule has 96 valence electrons. The zero-order chi connectivity index (χ0) is 13.6. The fourth-order valence-corrected chi connectivity index (χ4v) is 2.46. The second kappa shape index (κ2) is 4.02. The van der Waals surface area contributed by atoms with Gasteiger partial charge in [-0.15, -0.1) is 0 Å². The van der Waals surface area contributed by atoms with Crippen LogP contribution < -0.4 is 0 Å².